The smallest absolute Gasteiger partial charge is 0.130 e. The molecule has 0 fully saturated rings. The van der Waals surface area contributed by atoms with Crippen molar-refractivity contribution < 1.29 is 38.6 Å². The van der Waals surface area contributed by atoms with Crippen LogP contribution in [0.3, 0.4) is 0 Å². The van der Waals surface area contributed by atoms with Gasteiger partial charge in [-0.05, 0) is 38.5 Å². The lowest BCUT2D eigenvalue weighted by Crippen LogP contribution is -2.12. The Morgan fingerprint density at radius 2 is 1.08 bits per heavy atom. The number of aliphatic hydroxyl groups is 2. The van der Waals surface area contributed by atoms with Crippen molar-refractivity contribution in [3.8, 4) is 5.75 Å². The van der Waals surface area contributed by atoms with Gasteiger partial charge in [0.1, 0.15) is 17.9 Å². The van der Waals surface area contributed by atoms with E-state index in [-0.39, 0.29) is 13.2 Å². The number of fused-ring (bicyclic) bond motifs is 3. The van der Waals surface area contributed by atoms with Gasteiger partial charge in [0.05, 0.1) is 78.2 Å². The third kappa shape index (κ3) is 11.1. The van der Waals surface area contributed by atoms with Crippen LogP contribution >= 0.6 is 0 Å². The highest BCUT2D eigenvalue weighted by Crippen LogP contribution is 2.31. The van der Waals surface area contributed by atoms with E-state index in [2.05, 4.69) is 25.1 Å². The minimum atomic E-state index is 0.0417. The number of hydrogen-bond acceptors (Lipinski definition) is 10. The Hall–Kier alpha value is -2.44. The van der Waals surface area contributed by atoms with Gasteiger partial charge >= 0.3 is 0 Å². The molecule has 0 aliphatic rings. The van der Waals surface area contributed by atoms with Crippen molar-refractivity contribution in [2.75, 3.05) is 86.4 Å². The molecule has 10 heteroatoms. The largest absolute Gasteiger partial charge is 0.490 e. The fraction of sp³-hybridized carbons (Fsp3) is 0.571. The molecule has 3 rings (SSSR count). The summed E-state index contributed by atoms with van der Waals surface area (Å²) < 4.78 is 31.6. The molecule has 0 saturated heterocycles. The molecule has 2 heterocycles. The normalized spacial score (nSPS) is 11.1. The van der Waals surface area contributed by atoms with Gasteiger partial charge in [-0.3, -0.25) is 9.97 Å². The summed E-state index contributed by atoms with van der Waals surface area (Å²) in [6, 6.07) is 8.22. The van der Waals surface area contributed by atoms with Crippen LogP contribution in [-0.4, -0.2) is 107 Å². The fourth-order valence-corrected chi connectivity index (χ4v) is 3.64. The number of aromatic nitrogens is 2. The number of methoxy groups -OCH3 is 1. The second-order valence-electron chi connectivity index (χ2n) is 8.44. The number of aliphatic hydroxyl groups excluding tert-OH is 2. The number of aryl methyl sites for hydroxylation is 3. The van der Waals surface area contributed by atoms with Gasteiger partial charge in [0.2, 0.25) is 0 Å². The molecule has 0 unspecified atom stereocenters. The molecule has 0 aliphatic carbocycles. The van der Waals surface area contributed by atoms with Gasteiger partial charge in [-0.25, -0.2) is 0 Å². The average molecular weight is 535 g/mol. The lowest BCUT2D eigenvalue weighted by Gasteiger charge is -2.13. The number of pyridine rings is 2. The minimum Gasteiger partial charge on any atom is -0.490 e. The van der Waals surface area contributed by atoms with Crippen LogP contribution in [0.15, 0.2) is 24.3 Å². The van der Waals surface area contributed by atoms with E-state index in [1.54, 1.807) is 7.11 Å². The van der Waals surface area contributed by atoms with Gasteiger partial charge in [0.25, 0.3) is 0 Å². The van der Waals surface area contributed by atoms with Crippen molar-refractivity contribution in [3.05, 3.63) is 41.2 Å². The van der Waals surface area contributed by atoms with E-state index in [0.717, 1.165) is 38.9 Å². The average Bonchev–Trinajstić information content (AvgIpc) is 2.90. The quantitative estimate of drug-likeness (QED) is 0.197. The third-order valence-corrected chi connectivity index (χ3v) is 5.32. The van der Waals surface area contributed by atoms with Gasteiger partial charge in [-0.1, -0.05) is 6.07 Å². The van der Waals surface area contributed by atoms with Crippen LogP contribution in [0.25, 0.3) is 21.8 Å². The van der Waals surface area contributed by atoms with E-state index in [0.29, 0.717) is 66.1 Å². The topological polar surface area (TPSA) is 122 Å². The van der Waals surface area contributed by atoms with Crippen LogP contribution in [0.2, 0.25) is 0 Å². The SMILES string of the molecule is COCCOCCOCCOc1cc(C)nc2c1ccc1c(C)cc(C)nc12.OCCOCCOCCO. The molecule has 10 nitrogen and oxygen atoms in total. The van der Waals surface area contributed by atoms with Crippen molar-refractivity contribution in [2.45, 2.75) is 20.8 Å². The van der Waals surface area contributed by atoms with Gasteiger partial charge < -0.3 is 38.6 Å². The molecule has 0 atom stereocenters. The standard InChI is InChI=1S/C22H28N2O4.C6H14O4/c1-15-13-16(2)23-21-18(15)5-6-19-20(14-17(3)24-22(19)21)28-12-11-27-10-9-26-8-7-25-4;7-1-3-9-5-6-10-4-2-8/h5-6,13-14H,7-12H2,1-4H3;7-8H,1-6H2. The third-order valence-electron chi connectivity index (χ3n) is 5.32. The monoisotopic (exact) mass is 534 g/mol. The molecule has 212 valence electrons. The molecule has 0 aliphatic heterocycles. The molecule has 0 amide bonds. The van der Waals surface area contributed by atoms with Crippen LogP contribution in [0.1, 0.15) is 17.0 Å². The van der Waals surface area contributed by atoms with Crippen molar-refractivity contribution in [3.63, 3.8) is 0 Å². The highest BCUT2D eigenvalue weighted by Gasteiger charge is 2.11. The number of ether oxygens (including phenoxy) is 6. The van der Waals surface area contributed by atoms with E-state index in [9.17, 15) is 0 Å². The Kier molecular flexibility index (Phi) is 15.7. The van der Waals surface area contributed by atoms with Gasteiger partial charge in [0.15, 0.2) is 0 Å². The molecule has 2 aromatic heterocycles. The van der Waals surface area contributed by atoms with Crippen LogP contribution in [0.4, 0.5) is 0 Å². The van der Waals surface area contributed by atoms with Crippen LogP contribution in [0, 0.1) is 20.8 Å². The Bertz CT molecular complexity index is 1070. The highest BCUT2D eigenvalue weighted by molar-refractivity contribution is 6.06. The Morgan fingerprint density at radius 1 is 0.605 bits per heavy atom. The van der Waals surface area contributed by atoms with E-state index >= 15 is 0 Å². The summed E-state index contributed by atoms with van der Waals surface area (Å²) in [6.45, 7) is 11.1. The Morgan fingerprint density at radius 3 is 1.66 bits per heavy atom. The maximum atomic E-state index is 8.26. The van der Waals surface area contributed by atoms with Crippen LogP contribution in [-0.2, 0) is 23.7 Å². The lowest BCUT2D eigenvalue weighted by atomic mass is 10.0. The molecule has 0 bridgehead atoms. The Labute approximate surface area is 224 Å². The van der Waals surface area contributed by atoms with E-state index in [1.807, 2.05) is 19.9 Å². The fourth-order valence-electron chi connectivity index (χ4n) is 3.64. The van der Waals surface area contributed by atoms with Crippen molar-refractivity contribution in [1.29, 1.82) is 0 Å². The first-order chi connectivity index (χ1) is 18.5. The minimum absolute atomic E-state index is 0.0417. The molecule has 0 radical (unpaired) electrons. The first kappa shape index (κ1) is 31.8. The summed E-state index contributed by atoms with van der Waals surface area (Å²) in [7, 11) is 1.66. The number of rotatable bonds is 17. The van der Waals surface area contributed by atoms with E-state index in [1.165, 1.54) is 5.56 Å². The van der Waals surface area contributed by atoms with Gasteiger partial charge in [-0.15, -0.1) is 0 Å². The second-order valence-corrected chi connectivity index (χ2v) is 8.44. The number of hydrogen-bond donors (Lipinski definition) is 2. The lowest BCUT2D eigenvalue weighted by molar-refractivity contribution is 0.0180. The predicted molar refractivity (Wildman–Crippen MR) is 146 cm³/mol. The highest BCUT2D eigenvalue weighted by atomic mass is 16.6. The predicted octanol–water partition coefficient (Wildman–Crippen LogP) is 2.77. The van der Waals surface area contributed by atoms with Crippen LogP contribution in [0.5, 0.6) is 5.75 Å². The first-order valence-corrected chi connectivity index (χ1v) is 12.8. The molecule has 0 saturated carbocycles. The van der Waals surface area contributed by atoms with E-state index in [4.69, 9.17) is 48.6 Å². The van der Waals surface area contributed by atoms with E-state index < -0.39 is 0 Å². The maximum absolute atomic E-state index is 8.26. The zero-order valence-corrected chi connectivity index (χ0v) is 23.0. The van der Waals surface area contributed by atoms with Gasteiger partial charge in [0, 0.05) is 35.3 Å². The molecule has 38 heavy (non-hydrogen) atoms. The molecular weight excluding hydrogens is 492 g/mol. The molecular formula is C28H42N2O8. The van der Waals surface area contributed by atoms with Gasteiger partial charge in [-0.2, -0.15) is 0 Å². The number of benzene rings is 1. The summed E-state index contributed by atoms with van der Waals surface area (Å²) in [6.07, 6.45) is 0. The second kappa shape index (κ2) is 18.8. The van der Waals surface area contributed by atoms with Crippen molar-refractivity contribution in [1.82, 2.24) is 9.97 Å². The molecule has 0 spiro atoms. The van der Waals surface area contributed by atoms with Crippen molar-refractivity contribution >= 4 is 21.8 Å². The summed E-state index contributed by atoms with van der Waals surface area (Å²) in [5.41, 5.74) is 4.91. The van der Waals surface area contributed by atoms with Crippen molar-refractivity contribution in [2.24, 2.45) is 0 Å². The first-order valence-electron chi connectivity index (χ1n) is 12.8. The zero-order chi connectivity index (χ0) is 27.6. The summed E-state index contributed by atoms with van der Waals surface area (Å²) in [5.74, 6) is 0.810. The van der Waals surface area contributed by atoms with Crippen LogP contribution < -0.4 is 4.74 Å². The summed E-state index contributed by atoms with van der Waals surface area (Å²) in [4.78, 5) is 9.47. The zero-order valence-electron chi connectivity index (χ0n) is 23.0. The Balaban J connectivity index is 0.000000432. The summed E-state index contributed by atoms with van der Waals surface area (Å²) in [5, 5.41) is 18.6. The molecule has 1 aromatic carbocycles. The molecule has 2 N–H and O–H groups in total. The maximum Gasteiger partial charge on any atom is 0.130 e. The molecule has 3 aromatic rings. The number of nitrogens with zero attached hydrogens (tertiary/aromatic N) is 2. The summed E-state index contributed by atoms with van der Waals surface area (Å²) >= 11 is 0.